The molecular weight excluding hydrogens is 421 g/mol. The molecule has 0 amide bonds. The van der Waals surface area contributed by atoms with Crippen LogP contribution in [0.4, 0.5) is 15.8 Å². The lowest BCUT2D eigenvalue weighted by atomic mass is 10.0. The molecule has 154 valence electrons. The van der Waals surface area contributed by atoms with Crippen molar-refractivity contribution in [2.45, 2.75) is 5.75 Å². The van der Waals surface area contributed by atoms with E-state index < -0.39 is 27.4 Å². The minimum atomic E-state index is -3.96. The van der Waals surface area contributed by atoms with Crippen molar-refractivity contribution < 1.29 is 17.6 Å². The maximum absolute atomic E-state index is 15.1. The minimum Gasteiger partial charge on any atom is -0.345 e. The first-order chi connectivity index (χ1) is 14.9. The van der Waals surface area contributed by atoms with Crippen LogP contribution in [0.3, 0.4) is 0 Å². The zero-order valence-electron chi connectivity index (χ0n) is 15.8. The molecule has 0 saturated heterocycles. The second kappa shape index (κ2) is 7.97. The largest absolute Gasteiger partial charge is 0.345 e. The van der Waals surface area contributed by atoms with Crippen molar-refractivity contribution in [2.75, 3.05) is 4.72 Å². The highest BCUT2D eigenvalue weighted by molar-refractivity contribution is 7.91. The Morgan fingerprint density at radius 3 is 2.74 bits per heavy atom. The van der Waals surface area contributed by atoms with Gasteiger partial charge in [-0.1, -0.05) is 12.1 Å². The molecule has 2 N–H and O–H groups in total. The van der Waals surface area contributed by atoms with Gasteiger partial charge in [-0.25, -0.2) is 17.7 Å². The number of fused-ring (bicyclic) bond motifs is 1. The lowest BCUT2D eigenvalue weighted by Crippen LogP contribution is -2.17. The Morgan fingerprint density at radius 2 is 2.00 bits per heavy atom. The molecule has 0 bridgehead atoms. The van der Waals surface area contributed by atoms with E-state index in [1.807, 2.05) is 0 Å². The summed E-state index contributed by atoms with van der Waals surface area (Å²) in [7, 11) is -3.96. The molecule has 3 aromatic heterocycles. The molecule has 0 aliphatic rings. The van der Waals surface area contributed by atoms with E-state index in [0.717, 1.165) is 0 Å². The summed E-state index contributed by atoms with van der Waals surface area (Å²) in [4.78, 5) is 27.1. The summed E-state index contributed by atoms with van der Waals surface area (Å²) in [6.07, 6.45) is 4.20. The zero-order chi connectivity index (χ0) is 22.0. The summed E-state index contributed by atoms with van der Waals surface area (Å²) in [6.45, 7) is 7.10. The summed E-state index contributed by atoms with van der Waals surface area (Å²) in [5, 5.41) is 0.374. The first-order valence-electron chi connectivity index (χ1n) is 8.96. The smallest absolute Gasteiger partial charge is 0.238 e. The van der Waals surface area contributed by atoms with Crippen LogP contribution in [0.5, 0.6) is 0 Å². The number of carbonyl (C=O) groups excluding carboxylic acids is 1. The average Bonchev–Trinajstić information content (AvgIpc) is 3.18. The van der Waals surface area contributed by atoms with E-state index >= 15 is 4.39 Å². The molecule has 3 heterocycles. The van der Waals surface area contributed by atoms with E-state index in [-0.39, 0.29) is 22.5 Å². The Kier molecular flexibility index (Phi) is 5.19. The Labute approximate surface area is 176 Å². The topological polar surface area (TPSA) is 109 Å². The number of anilines is 1. The number of H-pyrrole nitrogens is 1. The van der Waals surface area contributed by atoms with Gasteiger partial charge in [-0.3, -0.25) is 19.5 Å². The SMILES string of the molecule is [C-]#[N+]c1cnc2[nH]cc(C(=O)c3cccc(NS(=O)(=O)Cc4ccccn4)c3F)c2c1. The van der Waals surface area contributed by atoms with Crippen molar-refractivity contribution in [2.24, 2.45) is 0 Å². The van der Waals surface area contributed by atoms with Gasteiger partial charge in [0.25, 0.3) is 0 Å². The fraction of sp³-hybridized carbons (Fsp3) is 0.0476. The molecule has 1 aromatic carbocycles. The minimum absolute atomic E-state index is 0.125. The quantitative estimate of drug-likeness (QED) is 0.353. The highest BCUT2D eigenvalue weighted by Gasteiger charge is 2.22. The van der Waals surface area contributed by atoms with Crippen molar-refractivity contribution in [1.29, 1.82) is 0 Å². The molecular formula is C21H14FN5O3S. The molecule has 8 nitrogen and oxygen atoms in total. The van der Waals surface area contributed by atoms with Gasteiger partial charge >= 0.3 is 0 Å². The number of ketones is 1. The molecule has 4 aromatic rings. The third-order valence-corrected chi connectivity index (χ3v) is 5.67. The Bertz CT molecular complexity index is 1440. The summed E-state index contributed by atoms with van der Waals surface area (Å²) in [6, 6.07) is 10.2. The number of aromatic amines is 1. The van der Waals surface area contributed by atoms with E-state index in [4.69, 9.17) is 6.57 Å². The molecule has 0 atom stereocenters. The number of carbonyl (C=O) groups is 1. The van der Waals surface area contributed by atoms with Crippen molar-refractivity contribution >= 4 is 38.2 Å². The Balaban J connectivity index is 1.66. The third-order valence-electron chi connectivity index (χ3n) is 4.46. The molecule has 0 fully saturated rings. The number of hydrogen-bond donors (Lipinski definition) is 2. The lowest BCUT2D eigenvalue weighted by Gasteiger charge is -2.11. The molecule has 0 aliphatic carbocycles. The number of hydrogen-bond acceptors (Lipinski definition) is 5. The maximum Gasteiger partial charge on any atom is 0.238 e. The van der Waals surface area contributed by atoms with Gasteiger partial charge in [-0.05, 0) is 30.3 Å². The standard InChI is InChI=1S/C21H14FN5O3S/c1-23-14-9-16-17(11-26-21(16)25-10-14)20(28)15-6-4-7-18(19(15)22)27-31(29,30)12-13-5-2-3-8-24-13/h2-11,27H,12H2,(H,25,26). The van der Waals surface area contributed by atoms with Gasteiger partial charge in [0.05, 0.1) is 23.5 Å². The highest BCUT2D eigenvalue weighted by atomic mass is 32.2. The molecule has 4 rings (SSSR count). The fourth-order valence-electron chi connectivity index (χ4n) is 3.05. The predicted octanol–water partition coefficient (Wildman–Crippen LogP) is 3.82. The highest BCUT2D eigenvalue weighted by Crippen LogP contribution is 2.27. The van der Waals surface area contributed by atoms with Gasteiger partial charge in [-0.15, -0.1) is 0 Å². The first-order valence-corrected chi connectivity index (χ1v) is 10.6. The van der Waals surface area contributed by atoms with Crippen LogP contribution in [0, 0.1) is 12.4 Å². The predicted molar refractivity (Wildman–Crippen MR) is 113 cm³/mol. The number of nitrogens with one attached hydrogen (secondary N) is 2. The Morgan fingerprint density at radius 1 is 1.16 bits per heavy atom. The van der Waals surface area contributed by atoms with Crippen molar-refractivity contribution in [3.8, 4) is 0 Å². The van der Waals surface area contributed by atoms with Crippen LogP contribution in [0.25, 0.3) is 15.9 Å². The van der Waals surface area contributed by atoms with E-state index in [0.29, 0.717) is 16.7 Å². The molecule has 0 radical (unpaired) electrons. The summed E-state index contributed by atoms with van der Waals surface area (Å²) < 4.78 is 42.1. The van der Waals surface area contributed by atoms with E-state index in [1.165, 1.54) is 48.9 Å². The molecule has 0 aliphatic heterocycles. The van der Waals surface area contributed by atoms with E-state index in [1.54, 1.807) is 12.1 Å². The van der Waals surface area contributed by atoms with Crippen molar-refractivity contribution in [3.63, 3.8) is 0 Å². The summed E-state index contributed by atoms with van der Waals surface area (Å²) >= 11 is 0. The number of pyridine rings is 2. The molecule has 10 heteroatoms. The maximum atomic E-state index is 15.1. The Hall–Kier alpha value is -4.10. The van der Waals surface area contributed by atoms with Crippen LogP contribution >= 0.6 is 0 Å². The number of benzene rings is 1. The van der Waals surface area contributed by atoms with Crippen molar-refractivity contribution in [3.05, 3.63) is 95.1 Å². The van der Waals surface area contributed by atoms with Crippen LogP contribution < -0.4 is 4.72 Å². The molecule has 31 heavy (non-hydrogen) atoms. The molecule has 0 unspecified atom stereocenters. The summed E-state index contributed by atoms with van der Waals surface area (Å²) in [5.74, 6) is -2.11. The normalized spacial score (nSPS) is 11.2. The first kappa shape index (κ1) is 20.2. The van der Waals surface area contributed by atoms with E-state index in [2.05, 4.69) is 24.5 Å². The van der Waals surface area contributed by atoms with Gasteiger partial charge in [0.1, 0.15) is 11.4 Å². The van der Waals surface area contributed by atoms with Crippen LogP contribution in [0.15, 0.2) is 61.1 Å². The second-order valence-corrected chi connectivity index (χ2v) is 8.30. The molecule has 0 spiro atoms. The second-order valence-electron chi connectivity index (χ2n) is 6.58. The van der Waals surface area contributed by atoms with Gasteiger partial charge in [-0.2, -0.15) is 0 Å². The number of aromatic nitrogens is 3. The zero-order valence-corrected chi connectivity index (χ0v) is 16.6. The number of nitrogens with zero attached hydrogens (tertiary/aromatic N) is 3. The fourth-order valence-corrected chi connectivity index (χ4v) is 4.18. The number of halogens is 1. The summed E-state index contributed by atoms with van der Waals surface area (Å²) in [5.41, 5.74) is 0.375. The molecule has 0 saturated carbocycles. The number of rotatable bonds is 6. The van der Waals surface area contributed by atoms with E-state index in [9.17, 15) is 13.2 Å². The average molecular weight is 435 g/mol. The van der Waals surface area contributed by atoms with Gasteiger partial charge in [0.2, 0.25) is 15.7 Å². The number of sulfonamides is 1. The van der Waals surface area contributed by atoms with Crippen LogP contribution in [0.1, 0.15) is 21.6 Å². The monoisotopic (exact) mass is 435 g/mol. The van der Waals surface area contributed by atoms with Crippen LogP contribution in [0.2, 0.25) is 0 Å². The van der Waals surface area contributed by atoms with Crippen LogP contribution in [-0.4, -0.2) is 29.2 Å². The third kappa shape index (κ3) is 4.12. The lowest BCUT2D eigenvalue weighted by molar-refractivity contribution is 0.103. The van der Waals surface area contributed by atoms with Crippen molar-refractivity contribution in [1.82, 2.24) is 15.0 Å². The van der Waals surface area contributed by atoms with Gasteiger partial charge in [0, 0.05) is 29.5 Å². The van der Waals surface area contributed by atoms with Gasteiger partial charge < -0.3 is 4.98 Å². The van der Waals surface area contributed by atoms with Gasteiger partial charge in [0.15, 0.2) is 11.6 Å². The van der Waals surface area contributed by atoms with Crippen LogP contribution in [-0.2, 0) is 15.8 Å².